The van der Waals surface area contributed by atoms with Crippen molar-refractivity contribution in [3.05, 3.63) is 52.8 Å². The largest absolute Gasteiger partial charge is 0.481 e. The Morgan fingerprint density at radius 1 is 1.56 bits per heavy atom. The maximum Gasteiger partial charge on any atom is 0.304 e. The summed E-state index contributed by atoms with van der Waals surface area (Å²) >= 11 is 5.81. The molecule has 0 fully saturated rings. The molecular formula is C12H10ClFN2O2. The summed E-state index contributed by atoms with van der Waals surface area (Å²) in [5, 5.41) is 9.26. The summed E-state index contributed by atoms with van der Waals surface area (Å²) in [6.07, 6.45) is 2.80. The molecule has 0 saturated carbocycles. The van der Waals surface area contributed by atoms with E-state index in [1.165, 1.54) is 24.4 Å². The Labute approximate surface area is 107 Å². The van der Waals surface area contributed by atoms with Gasteiger partial charge in [0.25, 0.3) is 0 Å². The first-order chi connectivity index (χ1) is 8.58. The molecule has 1 atom stereocenters. The lowest BCUT2D eigenvalue weighted by Gasteiger charge is -2.14. The Morgan fingerprint density at radius 3 is 2.94 bits per heavy atom. The van der Waals surface area contributed by atoms with Gasteiger partial charge in [0, 0.05) is 23.0 Å². The van der Waals surface area contributed by atoms with Crippen molar-refractivity contribution in [2.45, 2.75) is 12.3 Å². The molecule has 1 aromatic heterocycles. The van der Waals surface area contributed by atoms with Crippen molar-refractivity contribution in [1.29, 1.82) is 0 Å². The fourth-order valence-corrected chi connectivity index (χ4v) is 1.96. The van der Waals surface area contributed by atoms with E-state index in [2.05, 4.69) is 9.97 Å². The molecule has 0 amide bonds. The van der Waals surface area contributed by atoms with Gasteiger partial charge in [0.1, 0.15) is 11.6 Å². The Morgan fingerprint density at radius 2 is 2.33 bits per heavy atom. The highest BCUT2D eigenvalue weighted by molar-refractivity contribution is 6.30. The van der Waals surface area contributed by atoms with Crippen molar-refractivity contribution in [3.63, 3.8) is 0 Å². The molecule has 0 bridgehead atoms. The Balaban J connectivity index is 2.46. The van der Waals surface area contributed by atoms with E-state index in [4.69, 9.17) is 16.7 Å². The van der Waals surface area contributed by atoms with E-state index in [1.807, 2.05) is 0 Å². The lowest BCUT2D eigenvalue weighted by Crippen LogP contribution is -2.11. The minimum absolute atomic E-state index is 0.222. The van der Waals surface area contributed by atoms with Gasteiger partial charge in [-0.05, 0) is 18.2 Å². The number of nitrogens with zero attached hydrogens (tertiary/aromatic N) is 1. The molecular weight excluding hydrogens is 259 g/mol. The third-order valence-electron chi connectivity index (χ3n) is 2.56. The zero-order chi connectivity index (χ0) is 13.1. The van der Waals surface area contributed by atoms with Gasteiger partial charge < -0.3 is 10.1 Å². The third-order valence-corrected chi connectivity index (χ3v) is 2.80. The van der Waals surface area contributed by atoms with Gasteiger partial charge in [0.2, 0.25) is 0 Å². The Hall–Kier alpha value is -1.88. The van der Waals surface area contributed by atoms with Crippen LogP contribution in [0.4, 0.5) is 4.39 Å². The van der Waals surface area contributed by atoms with Crippen molar-refractivity contribution in [2.75, 3.05) is 0 Å². The van der Waals surface area contributed by atoms with E-state index in [1.54, 1.807) is 6.20 Å². The number of halogens is 2. The molecule has 0 saturated heterocycles. The quantitative estimate of drug-likeness (QED) is 0.896. The van der Waals surface area contributed by atoms with Crippen LogP contribution >= 0.6 is 11.6 Å². The van der Waals surface area contributed by atoms with Gasteiger partial charge in [-0.1, -0.05) is 11.6 Å². The third kappa shape index (κ3) is 2.68. The smallest absolute Gasteiger partial charge is 0.304 e. The number of aromatic nitrogens is 2. The first-order valence-corrected chi connectivity index (χ1v) is 5.61. The first kappa shape index (κ1) is 12.6. The number of imidazole rings is 1. The first-order valence-electron chi connectivity index (χ1n) is 5.24. The predicted molar refractivity (Wildman–Crippen MR) is 64.1 cm³/mol. The molecule has 0 aliphatic rings. The number of H-pyrrole nitrogens is 1. The summed E-state index contributed by atoms with van der Waals surface area (Å²) in [5.74, 6) is -1.81. The van der Waals surface area contributed by atoms with E-state index in [-0.39, 0.29) is 12.0 Å². The van der Waals surface area contributed by atoms with E-state index < -0.39 is 17.7 Å². The zero-order valence-electron chi connectivity index (χ0n) is 9.23. The van der Waals surface area contributed by atoms with Gasteiger partial charge in [0.05, 0.1) is 12.3 Å². The lowest BCUT2D eigenvalue weighted by molar-refractivity contribution is -0.137. The minimum Gasteiger partial charge on any atom is -0.481 e. The molecule has 1 heterocycles. The van der Waals surface area contributed by atoms with Gasteiger partial charge >= 0.3 is 5.97 Å². The molecule has 18 heavy (non-hydrogen) atoms. The van der Waals surface area contributed by atoms with Gasteiger partial charge in [-0.25, -0.2) is 9.37 Å². The molecule has 0 radical (unpaired) electrons. The second kappa shape index (κ2) is 5.18. The normalized spacial score (nSPS) is 12.3. The van der Waals surface area contributed by atoms with E-state index in [0.717, 1.165) is 0 Å². The van der Waals surface area contributed by atoms with Gasteiger partial charge in [0.15, 0.2) is 0 Å². The second-order valence-electron chi connectivity index (χ2n) is 3.79. The predicted octanol–water partition coefficient (Wildman–Crippen LogP) is 2.81. The number of nitrogens with one attached hydrogen (secondary N) is 1. The van der Waals surface area contributed by atoms with Crippen molar-refractivity contribution in [2.24, 2.45) is 0 Å². The average molecular weight is 269 g/mol. The van der Waals surface area contributed by atoms with Crippen LogP contribution in [0.15, 0.2) is 30.6 Å². The lowest BCUT2D eigenvalue weighted by atomic mass is 9.94. The second-order valence-corrected chi connectivity index (χ2v) is 4.23. The van der Waals surface area contributed by atoms with Crippen molar-refractivity contribution >= 4 is 17.6 Å². The van der Waals surface area contributed by atoms with Crippen LogP contribution in [-0.2, 0) is 4.79 Å². The van der Waals surface area contributed by atoms with Crippen molar-refractivity contribution < 1.29 is 14.3 Å². The van der Waals surface area contributed by atoms with Crippen LogP contribution in [0.2, 0.25) is 5.02 Å². The topological polar surface area (TPSA) is 66.0 Å². The maximum absolute atomic E-state index is 13.8. The van der Waals surface area contributed by atoms with Crippen LogP contribution in [-0.4, -0.2) is 21.0 Å². The molecule has 94 valence electrons. The highest BCUT2D eigenvalue weighted by atomic mass is 35.5. The fraction of sp³-hybridized carbons (Fsp3) is 0.167. The molecule has 2 rings (SSSR count). The van der Waals surface area contributed by atoms with E-state index in [9.17, 15) is 9.18 Å². The number of aliphatic carboxylic acids is 1. The van der Waals surface area contributed by atoms with Crippen LogP contribution in [0, 0.1) is 5.82 Å². The molecule has 2 N–H and O–H groups in total. The highest BCUT2D eigenvalue weighted by Crippen LogP contribution is 2.29. The minimum atomic E-state index is -1.03. The molecule has 4 nitrogen and oxygen atoms in total. The van der Waals surface area contributed by atoms with Crippen molar-refractivity contribution in [1.82, 2.24) is 9.97 Å². The molecule has 0 spiro atoms. The number of carboxylic acids is 1. The maximum atomic E-state index is 13.8. The number of rotatable bonds is 4. The summed E-state index contributed by atoms with van der Waals surface area (Å²) in [6, 6.07) is 4.06. The molecule has 0 aliphatic carbocycles. The van der Waals surface area contributed by atoms with Crippen molar-refractivity contribution in [3.8, 4) is 0 Å². The summed E-state index contributed by atoms with van der Waals surface area (Å²) in [6.45, 7) is 0. The van der Waals surface area contributed by atoms with Gasteiger partial charge in [-0.15, -0.1) is 0 Å². The number of aromatic amines is 1. The summed E-state index contributed by atoms with van der Waals surface area (Å²) in [7, 11) is 0. The molecule has 0 aliphatic heterocycles. The van der Waals surface area contributed by atoms with E-state index >= 15 is 0 Å². The van der Waals surface area contributed by atoms with Crippen LogP contribution in [0.3, 0.4) is 0 Å². The number of hydrogen-bond donors (Lipinski definition) is 2. The number of carbonyl (C=O) groups is 1. The standard InChI is InChI=1S/C12H10ClFN2O2/c13-7-1-2-10(14)8(5-7)9(6-11(17)18)12-15-3-4-16-12/h1-5,9H,6H2,(H,15,16)(H,17,18). The van der Waals surface area contributed by atoms with E-state index in [0.29, 0.717) is 10.8 Å². The highest BCUT2D eigenvalue weighted by Gasteiger charge is 2.23. The molecule has 1 unspecified atom stereocenters. The molecule has 1 aromatic carbocycles. The summed E-state index contributed by atoms with van der Waals surface area (Å²) in [5.41, 5.74) is 0.222. The molecule has 2 aromatic rings. The fourth-order valence-electron chi connectivity index (χ4n) is 1.78. The Kier molecular flexibility index (Phi) is 3.62. The molecule has 6 heteroatoms. The number of carboxylic acid groups (broad SMARTS) is 1. The monoisotopic (exact) mass is 268 g/mol. The zero-order valence-corrected chi connectivity index (χ0v) is 9.99. The summed E-state index contributed by atoms with van der Waals surface area (Å²) in [4.78, 5) is 17.7. The Bertz CT molecular complexity index is 557. The van der Waals surface area contributed by atoms with Gasteiger partial charge in [-0.2, -0.15) is 0 Å². The average Bonchev–Trinajstić information content (AvgIpc) is 2.82. The SMILES string of the molecule is O=C(O)CC(c1ncc[nH]1)c1cc(Cl)ccc1F. The van der Waals surface area contributed by atoms with Crippen LogP contribution in [0.5, 0.6) is 0 Å². The van der Waals surface area contributed by atoms with Crippen LogP contribution in [0.1, 0.15) is 23.7 Å². The summed E-state index contributed by atoms with van der Waals surface area (Å²) < 4.78 is 13.8. The van der Waals surface area contributed by atoms with Crippen LogP contribution in [0.25, 0.3) is 0 Å². The van der Waals surface area contributed by atoms with Crippen LogP contribution < -0.4 is 0 Å². The number of hydrogen-bond acceptors (Lipinski definition) is 2. The number of benzene rings is 1. The van der Waals surface area contributed by atoms with Gasteiger partial charge in [-0.3, -0.25) is 4.79 Å².